The van der Waals surface area contributed by atoms with Crippen LogP contribution in [0.25, 0.3) is 0 Å². The Morgan fingerprint density at radius 3 is 2.45 bits per heavy atom. The molecule has 1 aromatic rings. The molecule has 20 heavy (non-hydrogen) atoms. The molecule has 0 saturated heterocycles. The Bertz CT molecular complexity index is 472. The highest BCUT2D eigenvalue weighted by atomic mass is 79.9. The van der Waals surface area contributed by atoms with Crippen LogP contribution in [-0.4, -0.2) is 47.8 Å². The number of likely N-dealkylation sites (N-methyl/N-ethyl adjacent to an activating group) is 1. The van der Waals surface area contributed by atoms with E-state index >= 15 is 0 Å². The third kappa shape index (κ3) is 4.58. The number of amides is 1. The van der Waals surface area contributed by atoms with Crippen molar-refractivity contribution in [1.82, 2.24) is 4.90 Å². The number of rotatable bonds is 6. The standard InChI is InChI=1S/C15H22BrNO3/c1-11-6-13(16)5-4-12(11)7-14(20)17(3)8-15(2,9-18)10-19/h4-6,18-19H,7-10H2,1-3H3. The van der Waals surface area contributed by atoms with E-state index in [0.29, 0.717) is 13.0 Å². The molecule has 0 radical (unpaired) electrons. The van der Waals surface area contributed by atoms with Crippen molar-refractivity contribution in [3.05, 3.63) is 33.8 Å². The van der Waals surface area contributed by atoms with Gasteiger partial charge in [0.1, 0.15) is 0 Å². The van der Waals surface area contributed by atoms with Crippen molar-refractivity contribution >= 4 is 21.8 Å². The van der Waals surface area contributed by atoms with E-state index in [-0.39, 0.29) is 19.1 Å². The summed E-state index contributed by atoms with van der Waals surface area (Å²) in [6, 6.07) is 5.83. The van der Waals surface area contributed by atoms with Gasteiger partial charge >= 0.3 is 0 Å². The highest BCUT2D eigenvalue weighted by Crippen LogP contribution is 2.19. The topological polar surface area (TPSA) is 60.8 Å². The van der Waals surface area contributed by atoms with Crippen LogP contribution in [0.3, 0.4) is 0 Å². The number of carbonyl (C=O) groups excluding carboxylic acids is 1. The molecule has 1 amide bonds. The molecular formula is C15H22BrNO3. The third-order valence-corrected chi connectivity index (χ3v) is 3.95. The van der Waals surface area contributed by atoms with Crippen molar-refractivity contribution in [2.45, 2.75) is 20.3 Å². The van der Waals surface area contributed by atoms with E-state index in [2.05, 4.69) is 15.9 Å². The normalized spacial score (nSPS) is 11.5. The van der Waals surface area contributed by atoms with Crippen LogP contribution in [0, 0.1) is 12.3 Å². The minimum Gasteiger partial charge on any atom is -0.396 e. The molecule has 2 N–H and O–H groups in total. The maximum atomic E-state index is 12.2. The number of aliphatic hydroxyl groups excluding tert-OH is 2. The maximum absolute atomic E-state index is 12.2. The number of halogens is 1. The van der Waals surface area contributed by atoms with Crippen LogP contribution in [0.15, 0.2) is 22.7 Å². The Labute approximate surface area is 128 Å². The monoisotopic (exact) mass is 343 g/mol. The zero-order chi connectivity index (χ0) is 15.3. The molecule has 1 aromatic carbocycles. The first kappa shape index (κ1) is 17.1. The molecule has 0 aliphatic rings. The molecule has 5 heteroatoms. The van der Waals surface area contributed by atoms with E-state index in [1.54, 1.807) is 18.9 Å². The lowest BCUT2D eigenvalue weighted by Gasteiger charge is -2.30. The molecule has 112 valence electrons. The van der Waals surface area contributed by atoms with E-state index in [1.807, 2.05) is 25.1 Å². The predicted octanol–water partition coefficient (Wildman–Crippen LogP) is 1.75. The number of carbonyl (C=O) groups is 1. The lowest BCUT2D eigenvalue weighted by Crippen LogP contribution is -2.42. The summed E-state index contributed by atoms with van der Waals surface area (Å²) in [5.41, 5.74) is 1.38. The minimum absolute atomic E-state index is 0.0245. The van der Waals surface area contributed by atoms with Crippen LogP contribution in [0.5, 0.6) is 0 Å². The van der Waals surface area contributed by atoms with Crippen molar-refractivity contribution in [1.29, 1.82) is 0 Å². The molecule has 0 spiro atoms. The van der Waals surface area contributed by atoms with Crippen LogP contribution in [0.1, 0.15) is 18.1 Å². The van der Waals surface area contributed by atoms with Gasteiger partial charge in [-0.1, -0.05) is 28.9 Å². The van der Waals surface area contributed by atoms with Crippen LogP contribution in [0.2, 0.25) is 0 Å². The van der Waals surface area contributed by atoms with Gasteiger partial charge in [0.15, 0.2) is 0 Å². The quantitative estimate of drug-likeness (QED) is 0.827. The highest BCUT2D eigenvalue weighted by Gasteiger charge is 2.26. The molecule has 0 atom stereocenters. The van der Waals surface area contributed by atoms with Crippen molar-refractivity contribution in [3.8, 4) is 0 Å². The number of aliphatic hydroxyl groups is 2. The Kier molecular flexibility index (Phi) is 6.17. The fourth-order valence-electron chi connectivity index (χ4n) is 1.97. The number of hydrogen-bond acceptors (Lipinski definition) is 3. The summed E-state index contributed by atoms with van der Waals surface area (Å²) in [6.07, 6.45) is 0.322. The number of nitrogens with zero attached hydrogens (tertiary/aromatic N) is 1. The second-order valence-corrected chi connectivity index (χ2v) is 6.54. The lowest BCUT2D eigenvalue weighted by molar-refractivity contribution is -0.131. The fraction of sp³-hybridized carbons (Fsp3) is 0.533. The molecule has 0 aromatic heterocycles. The molecule has 0 unspecified atom stereocenters. The summed E-state index contributed by atoms with van der Waals surface area (Å²) < 4.78 is 0.993. The lowest BCUT2D eigenvalue weighted by atomic mass is 9.92. The first-order valence-electron chi connectivity index (χ1n) is 6.52. The van der Waals surface area contributed by atoms with E-state index in [1.165, 1.54) is 0 Å². The molecular weight excluding hydrogens is 322 g/mol. The molecule has 0 saturated carbocycles. The van der Waals surface area contributed by atoms with Crippen molar-refractivity contribution in [2.24, 2.45) is 5.41 Å². The zero-order valence-electron chi connectivity index (χ0n) is 12.2. The molecule has 0 aliphatic heterocycles. The molecule has 1 rings (SSSR count). The largest absolute Gasteiger partial charge is 0.396 e. The minimum atomic E-state index is -0.667. The summed E-state index contributed by atoms with van der Waals surface area (Å²) in [4.78, 5) is 13.8. The fourth-order valence-corrected chi connectivity index (χ4v) is 2.44. The van der Waals surface area contributed by atoms with Gasteiger partial charge in [0.2, 0.25) is 5.91 Å². The van der Waals surface area contributed by atoms with Crippen LogP contribution >= 0.6 is 15.9 Å². The summed E-state index contributed by atoms with van der Waals surface area (Å²) in [6.45, 7) is 3.74. The van der Waals surface area contributed by atoms with Gasteiger partial charge in [-0.15, -0.1) is 0 Å². The molecule has 0 heterocycles. The summed E-state index contributed by atoms with van der Waals surface area (Å²) >= 11 is 3.40. The molecule has 0 aliphatic carbocycles. The molecule has 0 fully saturated rings. The first-order chi connectivity index (χ1) is 9.31. The van der Waals surface area contributed by atoms with E-state index < -0.39 is 5.41 Å². The van der Waals surface area contributed by atoms with Crippen LogP contribution in [-0.2, 0) is 11.2 Å². The second-order valence-electron chi connectivity index (χ2n) is 5.62. The van der Waals surface area contributed by atoms with Crippen molar-refractivity contribution < 1.29 is 15.0 Å². The van der Waals surface area contributed by atoms with Crippen molar-refractivity contribution in [3.63, 3.8) is 0 Å². The van der Waals surface area contributed by atoms with Crippen molar-refractivity contribution in [2.75, 3.05) is 26.8 Å². The maximum Gasteiger partial charge on any atom is 0.226 e. The zero-order valence-corrected chi connectivity index (χ0v) is 13.8. The van der Waals surface area contributed by atoms with Crippen LogP contribution in [0.4, 0.5) is 0 Å². The van der Waals surface area contributed by atoms with E-state index in [0.717, 1.165) is 15.6 Å². The highest BCUT2D eigenvalue weighted by molar-refractivity contribution is 9.10. The van der Waals surface area contributed by atoms with Crippen LogP contribution < -0.4 is 0 Å². The van der Waals surface area contributed by atoms with Gasteiger partial charge in [0.25, 0.3) is 0 Å². The third-order valence-electron chi connectivity index (χ3n) is 3.45. The molecule has 4 nitrogen and oxygen atoms in total. The van der Waals surface area contributed by atoms with Gasteiger partial charge in [-0.05, 0) is 30.2 Å². The van der Waals surface area contributed by atoms with Gasteiger partial charge in [-0.3, -0.25) is 4.79 Å². The average molecular weight is 344 g/mol. The smallest absolute Gasteiger partial charge is 0.226 e. The molecule has 0 bridgehead atoms. The van der Waals surface area contributed by atoms with Gasteiger partial charge in [-0.25, -0.2) is 0 Å². The van der Waals surface area contributed by atoms with Gasteiger partial charge in [-0.2, -0.15) is 0 Å². The Morgan fingerprint density at radius 2 is 1.95 bits per heavy atom. The number of benzene rings is 1. The summed E-state index contributed by atoms with van der Waals surface area (Å²) in [7, 11) is 1.69. The van der Waals surface area contributed by atoms with Gasteiger partial charge in [0.05, 0.1) is 19.6 Å². The number of aryl methyl sites for hydroxylation is 1. The summed E-state index contributed by atoms with van der Waals surface area (Å²) in [5.74, 6) is -0.0245. The Morgan fingerprint density at radius 1 is 1.35 bits per heavy atom. The van der Waals surface area contributed by atoms with E-state index in [4.69, 9.17) is 0 Å². The average Bonchev–Trinajstić information content (AvgIpc) is 2.41. The Balaban J connectivity index is 2.71. The SMILES string of the molecule is Cc1cc(Br)ccc1CC(=O)N(C)CC(C)(CO)CO. The van der Waals surface area contributed by atoms with Gasteiger partial charge < -0.3 is 15.1 Å². The second kappa shape index (κ2) is 7.20. The number of hydrogen-bond donors (Lipinski definition) is 2. The van der Waals surface area contributed by atoms with E-state index in [9.17, 15) is 15.0 Å². The predicted molar refractivity (Wildman–Crippen MR) is 82.5 cm³/mol. The first-order valence-corrected chi connectivity index (χ1v) is 7.31. The summed E-state index contributed by atoms with van der Waals surface area (Å²) in [5, 5.41) is 18.6. The Hall–Kier alpha value is -0.910. The van der Waals surface area contributed by atoms with Gasteiger partial charge in [0, 0.05) is 23.5 Å².